The molecule has 1 atom stereocenters. The Labute approximate surface area is 245 Å². The number of nitrogens with zero attached hydrogens (tertiary/aromatic N) is 3. The standard InChI is InChI=1S/C31H28F2N4O6/c1-17(2)36-16-22(30(39)37(31(36)40)20-8-5-18(32)6-9-20)29(38)35-19-7-10-25(23(33)13-19)43-26-11-12-34-24-14-21(41-3)15-27(42-4)28(24)26/h5-15,17,22H,16H2,1-4H3,(H,35,38). The summed E-state index contributed by atoms with van der Waals surface area (Å²) in [6.45, 7) is 3.32. The molecule has 1 aliphatic rings. The summed E-state index contributed by atoms with van der Waals surface area (Å²) in [5.74, 6) is -3.02. The van der Waals surface area contributed by atoms with Crippen molar-refractivity contribution in [3.05, 3.63) is 78.5 Å². The van der Waals surface area contributed by atoms with Gasteiger partial charge in [0.1, 0.15) is 29.0 Å². The molecule has 5 rings (SSSR count). The van der Waals surface area contributed by atoms with Crippen LogP contribution < -0.4 is 24.4 Å². The quantitative estimate of drug-likeness (QED) is 0.260. The number of fused-ring (bicyclic) bond motifs is 1. The average molecular weight is 591 g/mol. The van der Waals surface area contributed by atoms with E-state index in [9.17, 15) is 18.8 Å². The fraction of sp³-hybridized carbons (Fsp3) is 0.226. The normalized spacial score (nSPS) is 15.2. The number of pyridine rings is 1. The summed E-state index contributed by atoms with van der Waals surface area (Å²) in [6.07, 6.45) is 1.50. The first-order valence-corrected chi connectivity index (χ1v) is 13.3. The first kappa shape index (κ1) is 29.2. The summed E-state index contributed by atoms with van der Waals surface area (Å²) in [5.41, 5.74) is 0.718. The highest BCUT2D eigenvalue weighted by Gasteiger charge is 2.44. The number of ether oxygens (including phenoxy) is 3. The minimum absolute atomic E-state index is 0.0749. The van der Waals surface area contributed by atoms with Gasteiger partial charge < -0.3 is 24.4 Å². The molecular formula is C31H28F2N4O6. The first-order chi connectivity index (χ1) is 20.6. The monoisotopic (exact) mass is 590 g/mol. The summed E-state index contributed by atoms with van der Waals surface area (Å²) in [4.78, 5) is 46.3. The molecule has 1 N–H and O–H groups in total. The topological polar surface area (TPSA) is 110 Å². The molecular weight excluding hydrogens is 562 g/mol. The van der Waals surface area contributed by atoms with E-state index in [0.717, 1.165) is 23.1 Å². The Bertz CT molecular complexity index is 1710. The molecule has 2 heterocycles. The Balaban J connectivity index is 1.38. The van der Waals surface area contributed by atoms with Crippen molar-refractivity contribution in [3.8, 4) is 23.0 Å². The maximum atomic E-state index is 15.2. The number of urea groups is 1. The third-order valence-electron chi connectivity index (χ3n) is 6.98. The summed E-state index contributed by atoms with van der Waals surface area (Å²) in [5, 5.41) is 3.07. The molecule has 1 aromatic heterocycles. The van der Waals surface area contributed by atoms with Crippen molar-refractivity contribution in [3.63, 3.8) is 0 Å². The zero-order valence-electron chi connectivity index (χ0n) is 23.8. The van der Waals surface area contributed by atoms with Gasteiger partial charge in [-0.05, 0) is 56.3 Å². The number of halogens is 2. The van der Waals surface area contributed by atoms with Crippen molar-refractivity contribution >= 4 is 40.1 Å². The van der Waals surface area contributed by atoms with Crippen molar-refractivity contribution in [2.75, 3.05) is 31.0 Å². The Hall–Kier alpha value is -5.26. The highest BCUT2D eigenvalue weighted by Crippen LogP contribution is 2.39. The number of anilines is 2. The molecule has 1 aliphatic heterocycles. The zero-order valence-corrected chi connectivity index (χ0v) is 23.8. The van der Waals surface area contributed by atoms with E-state index in [4.69, 9.17) is 14.2 Å². The molecule has 0 radical (unpaired) electrons. The number of hydrogen-bond donors (Lipinski definition) is 1. The van der Waals surface area contributed by atoms with Crippen LogP contribution in [0.15, 0.2) is 66.9 Å². The maximum absolute atomic E-state index is 15.2. The van der Waals surface area contributed by atoms with Crippen LogP contribution in [-0.4, -0.2) is 54.5 Å². The SMILES string of the molecule is COc1cc(OC)c2c(Oc3ccc(NC(=O)C4CN(C(C)C)C(=O)N(c5ccc(F)cc5)C4=O)cc3F)ccnc2c1. The minimum Gasteiger partial charge on any atom is -0.497 e. The van der Waals surface area contributed by atoms with Gasteiger partial charge in [-0.3, -0.25) is 14.6 Å². The van der Waals surface area contributed by atoms with E-state index in [1.807, 2.05) is 0 Å². The lowest BCUT2D eigenvalue weighted by molar-refractivity contribution is -0.132. The Morgan fingerprint density at radius 1 is 0.953 bits per heavy atom. The number of carbonyl (C=O) groups excluding carboxylic acids is 3. The number of amides is 4. The smallest absolute Gasteiger partial charge is 0.331 e. The fourth-order valence-electron chi connectivity index (χ4n) is 4.75. The van der Waals surface area contributed by atoms with Crippen molar-refractivity contribution in [2.45, 2.75) is 19.9 Å². The summed E-state index contributed by atoms with van der Waals surface area (Å²) < 4.78 is 45.4. The van der Waals surface area contributed by atoms with Gasteiger partial charge in [-0.15, -0.1) is 0 Å². The van der Waals surface area contributed by atoms with E-state index in [-0.39, 0.29) is 35.5 Å². The van der Waals surface area contributed by atoms with E-state index < -0.39 is 35.4 Å². The van der Waals surface area contributed by atoms with Gasteiger partial charge in [0.15, 0.2) is 11.6 Å². The van der Waals surface area contributed by atoms with Crippen LogP contribution in [0.4, 0.5) is 25.0 Å². The molecule has 4 aromatic rings. The largest absolute Gasteiger partial charge is 0.497 e. The second-order valence-electron chi connectivity index (χ2n) is 10.0. The van der Waals surface area contributed by atoms with Crippen LogP contribution >= 0.6 is 0 Å². The molecule has 0 aliphatic carbocycles. The Kier molecular flexibility index (Phi) is 8.11. The third-order valence-corrected chi connectivity index (χ3v) is 6.98. The average Bonchev–Trinajstić information content (AvgIpc) is 2.98. The van der Waals surface area contributed by atoms with Crippen LogP contribution in [0.1, 0.15) is 13.8 Å². The lowest BCUT2D eigenvalue weighted by atomic mass is 10.0. The first-order valence-electron chi connectivity index (χ1n) is 13.3. The molecule has 12 heteroatoms. The summed E-state index contributed by atoms with van der Waals surface area (Å²) in [7, 11) is 3.00. The van der Waals surface area contributed by atoms with Crippen molar-refractivity contribution < 1.29 is 37.4 Å². The molecule has 0 spiro atoms. The molecule has 3 aromatic carbocycles. The molecule has 222 valence electrons. The van der Waals surface area contributed by atoms with Crippen LogP contribution in [0.2, 0.25) is 0 Å². The van der Waals surface area contributed by atoms with E-state index in [1.54, 1.807) is 32.0 Å². The molecule has 43 heavy (non-hydrogen) atoms. The Morgan fingerprint density at radius 2 is 1.70 bits per heavy atom. The number of benzene rings is 3. The van der Waals surface area contributed by atoms with Gasteiger partial charge in [-0.2, -0.15) is 0 Å². The molecule has 4 amide bonds. The van der Waals surface area contributed by atoms with Gasteiger partial charge in [0.05, 0.1) is 30.8 Å². The van der Waals surface area contributed by atoms with Crippen molar-refractivity contribution in [1.29, 1.82) is 0 Å². The molecule has 1 saturated heterocycles. The van der Waals surface area contributed by atoms with E-state index in [2.05, 4.69) is 10.3 Å². The van der Waals surface area contributed by atoms with Crippen molar-refractivity contribution in [2.24, 2.45) is 5.92 Å². The number of rotatable bonds is 8. The number of nitrogens with one attached hydrogen (secondary N) is 1. The minimum atomic E-state index is -1.29. The number of aromatic nitrogens is 1. The highest BCUT2D eigenvalue weighted by atomic mass is 19.1. The summed E-state index contributed by atoms with van der Waals surface area (Å²) in [6, 6.07) is 12.6. The van der Waals surface area contributed by atoms with Crippen molar-refractivity contribution in [1.82, 2.24) is 9.88 Å². The number of imide groups is 1. The third kappa shape index (κ3) is 5.76. The van der Waals surface area contributed by atoms with Gasteiger partial charge in [-0.25, -0.2) is 18.5 Å². The van der Waals surface area contributed by atoms with Gasteiger partial charge in [0.2, 0.25) is 11.8 Å². The predicted molar refractivity (Wildman–Crippen MR) is 155 cm³/mol. The number of methoxy groups -OCH3 is 2. The lowest BCUT2D eigenvalue weighted by Gasteiger charge is -2.39. The Morgan fingerprint density at radius 3 is 2.35 bits per heavy atom. The van der Waals surface area contributed by atoms with Gasteiger partial charge >= 0.3 is 6.03 Å². The molecule has 1 fully saturated rings. The van der Waals surface area contributed by atoms with Gasteiger partial charge in [-0.1, -0.05) is 0 Å². The zero-order chi connectivity index (χ0) is 30.8. The van der Waals surface area contributed by atoms with Crippen LogP contribution in [0.3, 0.4) is 0 Å². The van der Waals surface area contributed by atoms with E-state index in [1.165, 1.54) is 49.6 Å². The van der Waals surface area contributed by atoms with Crippen LogP contribution in [0.5, 0.6) is 23.0 Å². The fourth-order valence-corrected chi connectivity index (χ4v) is 4.75. The predicted octanol–water partition coefficient (Wildman–Crippen LogP) is 5.75. The maximum Gasteiger partial charge on any atom is 0.331 e. The van der Waals surface area contributed by atoms with Crippen LogP contribution in [-0.2, 0) is 9.59 Å². The van der Waals surface area contributed by atoms with E-state index in [0.29, 0.717) is 22.4 Å². The molecule has 0 bridgehead atoms. The number of hydrogen-bond acceptors (Lipinski definition) is 7. The molecule has 10 nitrogen and oxygen atoms in total. The second kappa shape index (κ2) is 11.9. The van der Waals surface area contributed by atoms with Crippen LogP contribution in [0, 0.1) is 17.6 Å². The van der Waals surface area contributed by atoms with Crippen LogP contribution in [0.25, 0.3) is 10.9 Å². The van der Waals surface area contributed by atoms with E-state index >= 15 is 4.39 Å². The highest BCUT2D eigenvalue weighted by molar-refractivity contribution is 6.23. The second-order valence-corrected chi connectivity index (χ2v) is 10.0. The molecule has 0 saturated carbocycles. The van der Waals surface area contributed by atoms with Gasteiger partial charge in [0, 0.05) is 42.7 Å². The lowest BCUT2D eigenvalue weighted by Crippen LogP contribution is -2.61. The number of carbonyl (C=O) groups is 3. The summed E-state index contributed by atoms with van der Waals surface area (Å²) >= 11 is 0. The van der Waals surface area contributed by atoms with Gasteiger partial charge in [0.25, 0.3) is 0 Å². The molecule has 1 unspecified atom stereocenters.